The summed E-state index contributed by atoms with van der Waals surface area (Å²) in [6.07, 6.45) is 9.44. The Morgan fingerprint density at radius 3 is 1.77 bits per heavy atom. The van der Waals surface area contributed by atoms with Crippen molar-refractivity contribution in [3.05, 3.63) is 124 Å². The van der Waals surface area contributed by atoms with Gasteiger partial charge in [-0.05, 0) is 137 Å². The number of halogens is 2. The molecule has 3 aliphatic rings. The van der Waals surface area contributed by atoms with Gasteiger partial charge in [-0.25, -0.2) is 18.4 Å². The maximum atomic E-state index is 15.1. The standard InChI is InChI=1S/C42H40F2O4/c1-24-4-8-27(9-5-24)29-12-16-35(39(43)20-29)41(45)47-31-14-18-33-34-19-15-32(23-38(34)26(3)37(33)22-31)48-42(46)36-17-13-30(21-40(36)44)28-10-6-25(2)7-11-28/h8,12-26,28H,4-7,9-11H2,1-3H3. The number of rotatable bonds is 6. The van der Waals surface area contributed by atoms with Crippen LogP contribution in [-0.2, 0) is 0 Å². The summed E-state index contributed by atoms with van der Waals surface area (Å²) in [5.74, 6) is -0.445. The second-order valence-corrected chi connectivity index (χ2v) is 14.0. The van der Waals surface area contributed by atoms with Crippen molar-refractivity contribution in [3.63, 3.8) is 0 Å². The van der Waals surface area contributed by atoms with E-state index in [4.69, 9.17) is 9.47 Å². The number of benzene rings is 4. The molecular weight excluding hydrogens is 606 g/mol. The van der Waals surface area contributed by atoms with Gasteiger partial charge in [0.15, 0.2) is 0 Å². The van der Waals surface area contributed by atoms with Crippen molar-refractivity contribution in [2.24, 2.45) is 11.8 Å². The number of carbonyl (C=O) groups is 2. The summed E-state index contributed by atoms with van der Waals surface area (Å²) in [4.78, 5) is 26.0. The number of fused-ring (bicyclic) bond motifs is 3. The van der Waals surface area contributed by atoms with Crippen LogP contribution in [0.4, 0.5) is 8.78 Å². The molecular formula is C42H40F2O4. The Morgan fingerprint density at radius 1 is 0.646 bits per heavy atom. The Morgan fingerprint density at radius 2 is 1.23 bits per heavy atom. The highest BCUT2D eigenvalue weighted by molar-refractivity contribution is 5.93. The van der Waals surface area contributed by atoms with E-state index in [0.717, 1.165) is 83.9 Å². The van der Waals surface area contributed by atoms with Crippen LogP contribution in [0, 0.1) is 23.5 Å². The smallest absolute Gasteiger partial charge is 0.346 e. The van der Waals surface area contributed by atoms with Gasteiger partial charge in [-0.3, -0.25) is 0 Å². The van der Waals surface area contributed by atoms with Crippen LogP contribution in [0.25, 0.3) is 16.7 Å². The van der Waals surface area contributed by atoms with Crippen LogP contribution in [0.5, 0.6) is 11.5 Å². The van der Waals surface area contributed by atoms with Crippen LogP contribution >= 0.6 is 0 Å². The summed E-state index contributed by atoms with van der Waals surface area (Å²) in [7, 11) is 0. The maximum Gasteiger partial charge on any atom is 0.346 e. The van der Waals surface area contributed by atoms with Gasteiger partial charge in [-0.1, -0.05) is 64.0 Å². The molecule has 0 N–H and O–H groups in total. The number of hydrogen-bond acceptors (Lipinski definition) is 4. The highest BCUT2D eigenvalue weighted by Crippen LogP contribution is 2.47. The van der Waals surface area contributed by atoms with Crippen LogP contribution in [-0.4, -0.2) is 11.9 Å². The summed E-state index contributed by atoms with van der Waals surface area (Å²) in [6, 6.07) is 20.4. The molecule has 1 fully saturated rings. The molecule has 246 valence electrons. The van der Waals surface area contributed by atoms with E-state index in [2.05, 4.69) is 19.9 Å². The molecule has 0 spiro atoms. The Hall–Kier alpha value is -4.58. The molecule has 0 aromatic heterocycles. The monoisotopic (exact) mass is 646 g/mol. The summed E-state index contributed by atoms with van der Waals surface area (Å²) < 4.78 is 41.5. The molecule has 0 amide bonds. The molecule has 3 aliphatic carbocycles. The van der Waals surface area contributed by atoms with E-state index in [-0.39, 0.29) is 17.0 Å². The molecule has 4 nitrogen and oxygen atoms in total. The highest BCUT2D eigenvalue weighted by atomic mass is 19.1. The minimum Gasteiger partial charge on any atom is -0.423 e. The number of allylic oxidation sites excluding steroid dienone is 2. The number of carbonyl (C=O) groups excluding carboxylic acids is 2. The van der Waals surface area contributed by atoms with Gasteiger partial charge in [-0.2, -0.15) is 0 Å². The Bertz CT molecular complexity index is 1930. The molecule has 48 heavy (non-hydrogen) atoms. The molecule has 7 rings (SSSR count). The second-order valence-electron chi connectivity index (χ2n) is 14.0. The van der Waals surface area contributed by atoms with Gasteiger partial charge in [0.2, 0.25) is 0 Å². The fourth-order valence-corrected chi connectivity index (χ4v) is 7.56. The predicted molar refractivity (Wildman–Crippen MR) is 183 cm³/mol. The van der Waals surface area contributed by atoms with Crippen molar-refractivity contribution in [1.82, 2.24) is 0 Å². The van der Waals surface area contributed by atoms with Crippen LogP contribution in [0.1, 0.15) is 121 Å². The Labute approximate surface area is 280 Å². The van der Waals surface area contributed by atoms with Crippen LogP contribution in [0.3, 0.4) is 0 Å². The maximum absolute atomic E-state index is 15.1. The lowest BCUT2D eigenvalue weighted by Crippen LogP contribution is -2.14. The third-order valence-corrected chi connectivity index (χ3v) is 10.6. The van der Waals surface area contributed by atoms with Gasteiger partial charge in [0.05, 0.1) is 11.1 Å². The zero-order valence-corrected chi connectivity index (χ0v) is 27.7. The van der Waals surface area contributed by atoms with E-state index in [1.165, 1.54) is 24.3 Å². The minimum atomic E-state index is -0.754. The molecule has 4 aromatic rings. The van der Waals surface area contributed by atoms with Crippen molar-refractivity contribution in [1.29, 1.82) is 0 Å². The molecule has 0 radical (unpaired) electrons. The van der Waals surface area contributed by atoms with Gasteiger partial charge in [-0.15, -0.1) is 0 Å². The van der Waals surface area contributed by atoms with Crippen molar-refractivity contribution in [2.75, 3.05) is 0 Å². The Balaban J connectivity index is 1.03. The number of ether oxygens (including phenoxy) is 2. The lowest BCUT2D eigenvalue weighted by Gasteiger charge is -2.26. The van der Waals surface area contributed by atoms with Crippen molar-refractivity contribution in [2.45, 2.75) is 77.6 Å². The van der Waals surface area contributed by atoms with Crippen LogP contribution in [0.2, 0.25) is 0 Å². The molecule has 0 bridgehead atoms. The normalized spacial score (nSPS) is 21.6. The second kappa shape index (κ2) is 13.1. The molecule has 1 saturated carbocycles. The van der Waals surface area contributed by atoms with E-state index < -0.39 is 23.6 Å². The third kappa shape index (κ3) is 6.33. The lowest BCUT2D eigenvalue weighted by molar-refractivity contribution is 0.0720. The Kier molecular flexibility index (Phi) is 8.76. The van der Waals surface area contributed by atoms with Gasteiger partial charge in [0.1, 0.15) is 23.1 Å². The van der Waals surface area contributed by atoms with Gasteiger partial charge < -0.3 is 9.47 Å². The third-order valence-electron chi connectivity index (χ3n) is 10.6. The fourth-order valence-electron chi connectivity index (χ4n) is 7.56. The quantitative estimate of drug-likeness (QED) is 0.155. The largest absolute Gasteiger partial charge is 0.423 e. The fraction of sp³-hybridized carbons (Fsp3) is 0.333. The van der Waals surface area contributed by atoms with Crippen LogP contribution in [0.15, 0.2) is 78.9 Å². The first-order chi connectivity index (χ1) is 23.1. The molecule has 0 saturated heterocycles. The first-order valence-electron chi connectivity index (χ1n) is 17.2. The molecule has 0 heterocycles. The summed E-state index contributed by atoms with van der Waals surface area (Å²) in [5.41, 5.74) is 6.48. The first kappa shape index (κ1) is 32.0. The van der Waals surface area contributed by atoms with Gasteiger partial charge in [0, 0.05) is 5.92 Å². The summed E-state index contributed by atoms with van der Waals surface area (Å²) in [5, 5.41) is 0. The molecule has 2 atom stereocenters. The SMILES string of the molecule is CC1CC=C(c2ccc(C(=O)Oc3ccc4c(c3)C(C)c3cc(OC(=O)c5ccc(C6CCC(C)CC6)cc5F)ccc3-4)c(F)c2)CC1. The average molecular weight is 647 g/mol. The van der Waals surface area contributed by atoms with E-state index in [9.17, 15) is 9.59 Å². The predicted octanol–water partition coefficient (Wildman–Crippen LogP) is 11.0. The van der Waals surface area contributed by atoms with E-state index in [1.807, 2.05) is 25.1 Å². The highest BCUT2D eigenvalue weighted by Gasteiger charge is 2.28. The van der Waals surface area contributed by atoms with Crippen molar-refractivity contribution >= 4 is 17.5 Å². The summed E-state index contributed by atoms with van der Waals surface area (Å²) >= 11 is 0. The molecule has 4 aromatic carbocycles. The first-order valence-corrected chi connectivity index (χ1v) is 17.2. The van der Waals surface area contributed by atoms with E-state index >= 15 is 8.78 Å². The molecule has 2 unspecified atom stereocenters. The van der Waals surface area contributed by atoms with Crippen LogP contribution < -0.4 is 9.47 Å². The van der Waals surface area contributed by atoms with Gasteiger partial charge >= 0.3 is 11.9 Å². The van der Waals surface area contributed by atoms with Crippen molar-refractivity contribution < 1.29 is 27.8 Å². The van der Waals surface area contributed by atoms with E-state index in [0.29, 0.717) is 29.3 Å². The zero-order chi connectivity index (χ0) is 33.5. The number of hydrogen-bond donors (Lipinski definition) is 0. The van der Waals surface area contributed by atoms with Crippen molar-refractivity contribution in [3.8, 4) is 22.6 Å². The minimum absolute atomic E-state index is 0.0852. The summed E-state index contributed by atoms with van der Waals surface area (Å²) in [6.45, 7) is 6.48. The molecule has 6 heteroatoms. The van der Waals surface area contributed by atoms with E-state index in [1.54, 1.807) is 30.3 Å². The number of esters is 2. The lowest BCUT2D eigenvalue weighted by atomic mass is 9.79. The van der Waals surface area contributed by atoms with Gasteiger partial charge in [0.25, 0.3) is 0 Å². The average Bonchev–Trinajstić information content (AvgIpc) is 3.35. The zero-order valence-electron chi connectivity index (χ0n) is 27.7. The topological polar surface area (TPSA) is 52.6 Å². The molecule has 0 aliphatic heterocycles.